The Morgan fingerprint density at radius 1 is 1.27 bits per heavy atom. The highest BCUT2D eigenvalue weighted by molar-refractivity contribution is 7.10. The molecule has 1 atom stereocenters. The second kappa shape index (κ2) is 8.76. The molecule has 0 fully saturated rings. The average molecular weight is 372 g/mol. The molecule has 0 aliphatic heterocycles. The fourth-order valence-corrected chi connectivity index (χ4v) is 2.95. The number of aryl methyl sites for hydroxylation is 1. The summed E-state index contributed by atoms with van der Waals surface area (Å²) in [5, 5.41) is 2.75. The van der Waals surface area contributed by atoms with Gasteiger partial charge in [-0.25, -0.2) is 9.78 Å². The summed E-state index contributed by atoms with van der Waals surface area (Å²) in [7, 11) is 0. The first kappa shape index (κ1) is 19.8. The largest absolute Gasteiger partial charge is 0.458 e. The maximum absolute atomic E-state index is 12.5. The number of aromatic nitrogens is 1. The third-order valence-electron chi connectivity index (χ3n) is 3.46. The van der Waals surface area contributed by atoms with Crippen molar-refractivity contribution in [1.29, 1.82) is 0 Å². The summed E-state index contributed by atoms with van der Waals surface area (Å²) in [5.74, 6) is -0.790. The SMILES string of the molecule is Cc1ncsc1/C=C/C(=O)NC(Cc1ccccc1)C(=O)OC(C)(C)C. The Hall–Kier alpha value is -2.47. The maximum atomic E-state index is 12.5. The molecule has 0 saturated heterocycles. The minimum absolute atomic E-state index is 0.343. The average Bonchev–Trinajstić information content (AvgIpc) is 2.97. The Labute approximate surface area is 158 Å². The summed E-state index contributed by atoms with van der Waals surface area (Å²) in [5.41, 5.74) is 2.93. The Bertz CT molecular complexity index is 776. The Kier molecular flexibility index (Phi) is 6.69. The van der Waals surface area contributed by atoms with Gasteiger partial charge in [0, 0.05) is 17.4 Å². The molecule has 6 heteroatoms. The summed E-state index contributed by atoms with van der Waals surface area (Å²) in [6.07, 6.45) is 3.49. The zero-order valence-corrected chi connectivity index (χ0v) is 16.3. The van der Waals surface area contributed by atoms with E-state index in [1.54, 1.807) is 32.4 Å². The first-order valence-corrected chi connectivity index (χ1v) is 9.28. The summed E-state index contributed by atoms with van der Waals surface area (Å²) in [6.45, 7) is 7.29. The zero-order valence-electron chi connectivity index (χ0n) is 15.5. The predicted octanol–water partition coefficient (Wildman–Crippen LogP) is 3.53. The van der Waals surface area contributed by atoms with E-state index in [0.717, 1.165) is 16.1 Å². The molecule has 1 heterocycles. The van der Waals surface area contributed by atoms with Gasteiger partial charge in [-0.15, -0.1) is 11.3 Å². The third kappa shape index (κ3) is 6.44. The Morgan fingerprint density at radius 3 is 2.54 bits per heavy atom. The molecular weight excluding hydrogens is 348 g/mol. The molecule has 1 amide bonds. The van der Waals surface area contributed by atoms with Gasteiger partial charge in [0.1, 0.15) is 11.6 Å². The van der Waals surface area contributed by atoms with E-state index < -0.39 is 17.6 Å². The van der Waals surface area contributed by atoms with Crippen molar-refractivity contribution in [2.24, 2.45) is 0 Å². The molecule has 1 N–H and O–H groups in total. The van der Waals surface area contributed by atoms with Crippen LogP contribution in [-0.4, -0.2) is 28.5 Å². The molecule has 1 aromatic carbocycles. The number of esters is 1. The zero-order chi connectivity index (χ0) is 19.2. The van der Waals surface area contributed by atoms with Gasteiger partial charge in [0.15, 0.2) is 0 Å². The van der Waals surface area contributed by atoms with Gasteiger partial charge in [-0.3, -0.25) is 4.79 Å². The van der Waals surface area contributed by atoms with Gasteiger partial charge in [0.05, 0.1) is 11.2 Å². The molecule has 2 aromatic rings. The molecule has 26 heavy (non-hydrogen) atoms. The summed E-state index contributed by atoms with van der Waals surface area (Å²) in [4.78, 5) is 29.9. The maximum Gasteiger partial charge on any atom is 0.329 e. The molecule has 0 saturated carbocycles. The topological polar surface area (TPSA) is 68.3 Å². The van der Waals surface area contributed by atoms with E-state index in [1.165, 1.54) is 17.4 Å². The molecule has 1 unspecified atom stereocenters. The van der Waals surface area contributed by atoms with Crippen LogP contribution in [0.15, 0.2) is 41.9 Å². The van der Waals surface area contributed by atoms with Gasteiger partial charge in [0.25, 0.3) is 0 Å². The quantitative estimate of drug-likeness (QED) is 0.622. The predicted molar refractivity (Wildman–Crippen MR) is 104 cm³/mol. The van der Waals surface area contributed by atoms with Crippen LogP contribution in [0.5, 0.6) is 0 Å². The minimum atomic E-state index is -0.753. The number of rotatable bonds is 6. The fraction of sp³-hybridized carbons (Fsp3) is 0.350. The van der Waals surface area contributed by atoms with Crippen LogP contribution in [0.4, 0.5) is 0 Å². The van der Waals surface area contributed by atoms with E-state index in [0.29, 0.717) is 6.42 Å². The van der Waals surface area contributed by atoms with E-state index in [2.05, 4.69) is 10.3 Å². The summed E-state index contributed by atoms with van der Waals surface area (Å²) < 4.78 is 5.46. The van der Waals surface area contributed by atoms with Crippen molar-refractivity contribution < 1.29 is 14.3 Å². The highest BCUT2D eigenvalue weighted by Gasteiger charge is 2.26. The number of carbonyl (C=O) groups excluding carboxylic acids is 2. The second-order valence-electron chi connectivity index (χ2n) is 6.92. The second-order valence-corrected chi connectivity index (χ2v) is 7.81. The van der Waals surface area contributed by atoms with E-state index in [1.807, 2.05) is 37.3 Å². The van der Waals surface area contributed by atoms with Gasteiger partial charge in [-0.2, -0.15) is 0 Å². The van der Waals surface area contributed by atoms with E-state index in [4.69, 9.17) is 4.74 Å². The van der Waals surface area contributed by atoms with Crippen LogP contribution in [0, 0.1) is 6.92 Å². The number of thiazole rings is 1. The fourth-order valence-electron chi connectivity index (χ4n) is 2.26. The van der Waals surface area contributed by atoms with E-state index in [-0.39, 0.29) is 5.91 Å². The Morgan fingerprint density at radius 2 is 1.96 bits per heavy atom. The lowest BCUT2D eigenvalue weighted by molar-refractivity contribution is -0.158. The van der Waals surface area contributed by atoms with Gasteiger partial charge >= 0.3 is 5.97 Å². The highest BCUT2D eigenvalue weighted by atomic mass is 32.1. The number of amides is 1. The highest BCUT2D eigenvalue weighted by Crippen LogP contribution is 2.14. The van der Waals surface area contributed by atoms with Gasteiger partial charge < -0.3 is 10.1 Å². The van der Waals surface area contributed by atoms with Crippen molar-refractivity contribution in [2.45, 2.75) is 45.8 Å². The van der Waals surface area contributed by atoms with Gasteiger partial charge in [-0.1, -0.05) is 30.3 Å². The lowest BCUT2D eigenvalue weighted by Crippen LogP contribution is -2.45. The number of benzene rings is 1. The van der Waals surface area contributed by atoms with Crippen LogP contribution in [0.1, 0.15) is 36.9 Å². The molecule has 0 spiro atoms. The number of hydrogen-bond acceptors (Lipinski definition) is 5. The molecule has 0 radical (unpaired) electrons. The summed E-state index contributed by atoms with van der Waals surface area (Å²) >= 11 is 1.46. The van der Waals surface area contributed by atoms with Crippen molar-refractivity contribution in [1.82, 2.24) is 10.3 Å². The summed E-state index contributed by atoms with van der Waals surface area (Å²) in [6, 6.07) is 8.78. The minimum Gasteiger partial charge on any atom is -0.458 e. The first-order chi connectivity index (χ1) is 12.2. The Balaban J connectivity index is 2.09. The van der Waals surface area contributed by atoms with Gasteiger partial charge in [-0.05, 0) is 39.3 Å². The van der Waals surface area contributed by atoms with Gasteiger partial charge in [0.2, 0.25) is 5.91 Å². The molecule has 0 aliphatic carbocycles. The molecule has 5 nitrogen and oxygen atoms in total. The molecule has 138 valence electrons. The molecule has 2 rings (SSSR count). The first-order valence-electron chi connectivity index (χ1n) is 8.40. The van der Waals surface area contributed by atoms with Crippen molar-refractivity contribution in [3.8, 4) is 0 Å². The van der Waals surface area contributed by atoms with Crippen molar-refractivity contribution >= 4 is 29.3 Å². The lowest BCUT2D eigenvalue weighted by Gasteiger charge is -2.24. The molecule has 0 aliphatic rings. The van der Waals surface area contributed by atoms with Crippen LogP contribution in [0.25, 0.3) is 6.08 Å². The van der Waals surface area contributed by atoms with Crippen LogP contribution >= 0.6 is 11.3 Å². The van der Waals surface area contributed by atoms with Crippen LogP contribution < -0.4 is 5.32 Å². The number of nitrogens with one attached hydrogen (secondary N) is 1. The van der Waals surface area contributed by atoms with Crippen LogP contribution in [0.3, 0.4) is 0 Å². The van der Waals surface area contributed by atoms with Crippen LogP contribution in [0.2, 0.25) is 0 Å². The lowest BCUT2D eigenvalue weighted by atomic mass is 10.1. The van der Waals surface area contributed by atoms with E-state index >= 15 is 0 Å². The normalized spacial score (nSPS) is 12.8. The monoisotopic (exact) mass is 372 g/mol. The van der Waals surface area contributed by atoms with Crippen molar-refractivity contribution in [3.05, 3.63) is 58.1 Å². The standard InChI is InChI=1S/C20H24N2O3S/c1-14-17(26-13-21-14)10-11-18(23)22-16(19(24)25-20(2,3)4)12-15-8-6-5-7-9-15/h5-11,13,16H,12H2,1-4H3,(H,22,23)/b11-10+. The molecule has 0 bridgehead atoms. The number of hydrogen-bond donors (Lipinski definition) is 1. The number of nitrogens with zero attached hydrogens (tertiary/aromatic N) is 1. The van der Waals surface area contributed by atoms with E-state index in [9.17, 15) is 9.59 Å². The third-order valence-corrected chi connectivity index (χ3v) is 4.36. The smallest absolute Gasteiger partial charge is 0.329 e. The molecular formula is C20H24N2O3S. The van der Waals surface area contributed by atoms with Crippen LogP contribution in [-0.2, 0) is 20.7 Å². The number of carbonyl (C=O) groups is 2. The molecule has 1 aromatic heterocycles. The number of ether oxygens (including phenoxy) is 1. The van der Waals surface area contributed by atoms with Crippen molar-refractivity contribution in [2.75, 3.05) is 0 Å². The van der Waals surface area contributed by atoms with Crippen molar-refractivity contribution in [3.63, 3.8) is 0 Å².